The molecule has 0 aliphatic heterocycles. The number of carboxylic acid groups (broad SMARTS) is 1. The summed E-state index contributed by atoms with van der Waals surface area (Å²) in [6, 6.07) is 15.0. The fourth-order valence-electron chi connectivity index (χ4n) is 2.98. The molecule has 0 saturated carbocycles. The van der Waals surface area contributed by atoms with E-state index in [1.165, 1.54) is 0 Å². The van der Waals surface area contributed by atoms with Crippen molar-refractivity contribution in [3.05, 3.63) is 65.9 Å². The van der Waals surface area contributed by atoms with Gasteiger partial charge in [0.2, 0.25) is 0 Å². The molecule has 0 spiro atoms. The monoisotopic (exact) mass is 358 g/mol. The molecule has 130 valence electrons. The average Bonchev–Trinajstić information content (AvgIpc) is 2.97. The van der Waals surface area contributed by atoms with Crippen LogP contribution in [0.15, 0.2) is 54.7 Å². The number of fused-ring (bicyclic) bond motifs is 1. The molecule has 0 aliphatic rings. The summed E-state index contributed by atoms with van der Waals surface area (Å²) >= 11 is 5.58. The molecule has 1 atom stereocenters. The van der Waals surface area contributed by atoms with Crippen LogP contribution in [0.25, 0.3) is 10.9 Å². The van der Waals surface area contributed by atoms with Crippen LogP contribution < -0.4 is 9.57 Å². The molecule has 2 N–H and O–H groups in total. The van der Waals surface area contributed by atoms with Gasteiger partial charge in [0.25, 0.3) is 0 Å². The Balaban J connectivity index is 1.97. The summed E-state index contributed by atoms with van der Waals surface area (Å²) in [6.07, 6.45) is 2.30. The quantitative estimate of drug-likeness (QED) is 0.635. The lowest BCUT2D eigenvalue weighted by molar-refractivity contribution is -0.138. The number of rotatable bonds is 7. The molecule has 1 heterocycles. The average molecular weight is 359 g/mol. The molecule has 0 radical (unpaired) electrons. The van der Waals surface area contributed by atoms with Crippen LogP contribution in [-0.2, 0) is 17.8 Å². The number of hydrogen-bond donors (Lipinski definition) is 2. The van der Waals surface area contributed by atoms with Crippen LogP contribution in [0.4, 0.5) is 0 Å². The topological polar surface area (TPSA) is 63.5 Å². The highest BCUT2D eigenvalue weighted by molar-refractivity contribution is 6.14. The second kappa shape index (κ2) is 7.59. The molecule has 0 unspecified atom stereocenters. The van der Waals surface area contributed by atoms with Crippen molar-refractivity contribution in [2.45, 2.75) is 19.0 Å². The standard InChI is InChI=1S/C19H19ClN2O3/c1-25-15-6-4-5-13(9-15)11-22-12-14(10-17(21-20)19(23)24)16-7-2-3-8-18(16)22/h2-9,12,17,21H,10-11H2,1H3,(H,23,24)/t17-/m0/s1. The molecular formula is C19H19ClN2O3. The summed E-state index contributed by atoms with van der Waals surface area (Å²) in [5, 5.41) is 10.3. The van der Waals surface area contributed by atoms with Crippen molar-refractivity contribution in [2.75, 3.05) is 7.11 Å². The number of benzene rings is 2. The first-order chi connectivity index (χ1) is 12.1. The number of aromatic nitrogens is 1. The molecular weight excluding hydrogens is 340 g/mol. The Labute approximate surface area is 150 Å². The Morgan fingerprint density at radius 3 is 2.80 bits per heavy atom. The number of aliphatic carboxylic acids is 1. The molecule has 0 fully saturated rings. The van der Waals surface area contributed by atoms with Gasteiger partial charge in [-0.25, -0.2) is 4.84 Å². The Hall–Kier alpha value is -2.50. The molecule has 0 amide bonds. The first kappa shape index (κ1) is 17.3. The number of nitrogens with one attached hydrogen (secondary N) is 1. The Bertz CT molecular complexity index is 891. The number of para-hydroxylation sites is 1. The zero-order valence-electron chi connectivity index (χ0n) is 13.8. The summed E-state index contributed by atoms with van der Waals surface area (Å²) in [5.41, 5.74) is 3.11. The number of halogens is 1. The van der Waals surface area contributed by atoms with Gasteiger partial charge in [0.15, 0.2) is 0 Å². The van der Waals surface area contributed by atoms with E-state index in [1.807, 2.05) is 54.7 Å². The number of carbonyl (C=O) groups is 1. The van der Waals surface area contributed by atoms with E-state index in [0.717, 1.165) is 27.8 Å². The van der Waals surface area contributed by atoms with Crippen molar-refractivity contribution in [3.63, 3.8) is 0 Å². The van der Waals surface area contributed by atoms with Crippen molar-refractivity contribution in [2.24, 2.45) is 0 Å². The zero-order chi connectivity index (χ0) is 17.8. The van der Waals surface area contributed by atoms with E-state index in [0.29, 0.717) is 13.0 Å². The van der Waals surface area contributed by atoms with Crippen LogP contribution in [0.5, 0.6) is 5.75 Å². The number of methoxy groups -OCH3 is 1. The SMILES string of the molecule is COc1cccc(Cn2cc(C[C@H](NCl)C(=O)O)c3ccccc32)c1. The van der Waals surface area contributed by atoms with Crippen LogP contribution in [0.3, 0.4) is 0 Å². The van der Waals surface area contributed by atoms with Crippen molar-refractivity contribution in [3.8, 4) is 5.75 Å². The lowest BCUT2D eigenvalue weighted by atomic mass is 10.1. The molecule has 1 aromatic heterocycles. The third-order valence-electron chi connectivity index (χ3n) is 4.21. The summed E-state index contributed by atoms with van der Waals surface area (Å²) in [7, 11) is 1.65. The third kappa shape index (κ3) is 3.78. The lowest BCUT2D eigenvalue weighted by Crippen LogP contribution is -2.32. The van der Waals surface area contributed by atoms with Gasteiger partial charge >= 0.3 is 5.97 Å². The number of ether oxygens (including phenoxy) is 1. The molecule has 2 aromatic carbocycles. The van der Waals surface area contributed by atoms with Crippen molar-refractivity contribution >= 4 is 28.6 Å². The normalized spacial score (nSPS) is 12.2. The predicted molar refractivity (Wildman–Crippen MR) is 98.2 cm³/mol. The summed E-state index contributed by atoms with van der Waals surface area (Å²) in [5.74, 6) is -0.161. The van der Waals surface area contributed by atoms with E-state index < -0.39 is 12.0 Å². The van der Waals surface area contributed by atoms with E-state index in [4.69, 9.17) is 16.5 Å². The molecule has 3 aromatic rings. The molecule has 25 heavy (non-hydrogen) atoms. The van der Waals surface area contributed by atoms with Crippen molar-refractivity contribution in [1.29, 1.82) is 0 Å². The Kier molecular flexibility index (Phi) is 5.26. The smallest absolute Gasteiger partial charge is 0.322 e. The largest absolute Gasteiger partial charge is 0.497 e. The van der Waals surface area contributed by atoms with Crippen molar-refractivity contribution < 1.29 is 14.6 Å². The summed E-state index contributed by atoms with van der Waals surface area (Å²) < 4.78 is 7.40. The van der Waals surface area contributed by atoms with E-state index in [2.05, 4.69) is 9.40 Å². The number of hydrogen-bond acceptors (Lipinski definition) is 3. The highest BCUT2D eigenvalue weighted by Gasteiger charge is 2.19. The first-order valence-corrected chi connectivity index (χ1v) is 8.29. The maximum atomic E-state index is 11.3. The van der Waals surface area contributed by atoms with Crippen LogP contribution >= 0.6 is 11.8 Å². The lowest BCUT2D eigenvalue weighted by Gasteiger charge is -2.08. The van der Waals surface area contributed by atoms with E-state index >= 15 is 0 Å². The van der Waals surface area contributed by atoms with E-state index in [-0.39, 0.29) is 0 Å². The molecule has 3 rings (SSSR count). The summed E-state index contributed by atoms with van der Waals surface area (Å²) in [6.45, 7) is 0.670. The molecule has 0 saturated heterocycles. The Morgan fingerprint density at radius 2 is 2.08 bits per heavy atom. The third-order valence-corrected chi connectivity index (χ3v) is 4.48. The van der Waals surface area contributed by atoms with Crippen LogP contribution in [0.2, 0.25) is 0 Å². The van der Waals surface area contributed by atoms with Gasteiger partial charge in [-0.2, -0.15) is 0 Å². The van der Waals surface area contributed by atoms with Crippen molar-refractivity contribution in [1.82, 2.24) is 9.40 Å². The maximum Gasteiger partial charge on any atom is 0.322 e. The minimum Gasteiger partial charge on any atom is -0.497 e. The molecule has 0 aliphatic carbocycles. The summed E-state index contributed by atoms with van der Waals surface area (Å²) in [4.78, 5) is 13.6. The highest BCUT2D eigenvalue weighted by atomic mass is 35.5. The van der Waals surface area contributed by atoms with Crippen LogP contribution in [0.1, 0.15) is 11.1 Å². The van der Waals surface area contributed by atoms with E-state index in [1.54, 1.807) is 7.11 Å². The van der Waals surface area contributed by atoms with Crippen LogP contribution in [-0.4, -0.2) is 28.8 Å². The van der Waals surface area contributed by atoms with Crippen LogP contribution in [0, 0.1) is 0 Å². The van der Waals surface area contributed by atoms with Gasteiger partial charge in [0.1, 0.15) is 11.8 Å². The fourth-order valence-corrected chi connectivity index (χ4v) is 3.15. The fraction of sp³-hybridized carbons (Fsp3) is 0.211. The number of nitrogens with zero attached hydrogens (tertiary/aromatic N) is 1. The van der Waals surface area contributed by atoms with Gasteiger partial charge in [0.05, 0.1) is 7.11 Å². The van der Waals surface area contributed by atoms with Gasteiger partial charge in [-0.15, -0.1) is 0 Å². The first-order valence-electron chi connectivity index (χ1n) is 7.91. The number of carboxylic acids is 1. The molecule has 5 nitrogen and oxygen atoms in total. The van der Waals surface area contributed by atoms with Gasteiger partial charge in [0, 0.05) is 30.1 Å². The zero-order valence-corrected chi connectivity index (χ0v) is 14.5. The molecule has 0 bridgehead atoms. The molecule has 6 heteroatoms. The second-order valence-electron chi connectivity index (χ2n) is 5.85. The second-order valence-corrected chi connectivity index (χ2v) is 6.07. The Morgan fingerprint density at radius 1 is 1.28 bits per heavy atom. The van der Waals surface area contributed by atoms with Gasteiger partial charge in [-0.1, -0.05) is 30.3 Å². The van der Waals surface area contributed by atoms with Gasteiger partial charge in [-0.3, -0.25) is 4.79 Å². The maximum absolute atomic E-state index is 11.3. The highest BCUT2D eigenvalue weighted by Crippen LogP contribution is 2.24. The van der Waals surface area contributed by atoms with E-state index in [9.17, 15) is 9.90 Å². The van der Waals surface area contributed by atoms with Gasteiger partial charge < -0.3 is 14.4 Å². The minimum absolute atomic E-state index is 0.310. The predicted octanol–water partition coefficient (Wildman–Crippen LogP) is 3.44. The van der Waals surface area contributed by atoms with Gasteiger partial charge in [-0.05, 0) is 41.1 Å². The minimum atomic E-state index is -0.973.